The molecule has 1 aromatic heterocycles. The zero-order valence-corrected chi connectivity index (χ0v) is 19.1. The largest absolute Gasteiger partial charge is 0.478 e. The lowest BCUT2D eigenvalue weighted by Gasteiger charge is -2.14. The Morgan fingerprint density at radius 2 is 1.69 bits per heavy atom. The van der Waals surface area contributed by atoms with Crippen LogP contribution in [-0.4, -0.2) is 27.7 Å². The molecule has 3 aromatic carbocycles. The van der Waals surface area contributed by atoms with Crippen LogP contribution in [0.15, 0.2) is 83.9 Å². The minimum Gasteiger partial charge on any atom is -0.478 e. The second-order valence-corrected chi connectivity index (χ2v) is 8.41. The minimum absolute atomic E-state index is 0.206. The molecule has 2 heterocycles. The van der Waals surface area contributed by atoms with Gasteiger partial charge in [0.25, 0.3) is 0 Å². The van der Waals surface area contributed by atoms with Gasteiger partial charge in [-0.3, -0.25) is 9.79 Å². The Bertz CT molecular complexity index is 1510. The van der Waals surface area contributed by atoms with Gasteiger partial charge in [-0.05, 0) is 48.5 Å². The number of fused-ring (bicyclic) bond motifs is 3. The van der Waals surface area contributed by atoms with Gasteiger partial charge in [-0.15, -0.1) is 0 Å². The van der Waals surface area contributed by atoms with Gasteiger partial charge in [-0.25, -0.2) is 9.78 Å². The van der Waals surface area contributed by atoms with Gasteiger partial charge < -0.3 is 16.2 Å². The van der Waals surface area contributed by atoms with E-state index in [9.17, 15) is 9.59 Å². The van der Waals surface area contributed by atoms with E-state index >= 15 is 0 Å². The molecule has 0 unspecified atom stereocenters. The number of anilines is 2. The summed E-state index contributed by atoms with van der Waals surface area (Å²) in [5.74, 6) is -0.926. The van der Waals surface area contributed by atoms with Gasteiger partial charge in [0, 0.05) is 38.5 Å². The first-order chi connectivity index (χ1) is 16.9. The van der Waals surface area contributed by atoms with E-state index in [1.54, 1.807) is 30.3 Å². The van der Waals surface area contributed by atoms with Crippen molar-refractivity contribution in [3.8, 4) is 11.3 Å². The molecule has 0 atom stereocenters. The van der Waals surface area contributed by atoms with Crippen molar-refractivity contribution in [1.82, 2.24) is 4.98 Å². The van der Waals surface area contributed by atoms with Gasteiger partial charge in [0.15, 0.2) is 0 Å². The van der Waals surface area contributed by atoms with Gasteiger partial charge in [0.05, 0.1) is 23.5 Å². The molecule has 0 spiro atoms. The molecule has 8 heteroatoms. The van der Waals surface area contributed by atoms with Crippen LogP contribution in [-0.2, 0) is 6.54 Å². The zero-order valence-electron chi connectivity index (χ0n) is 18.3. The first kappa shape index (κ1) is 22.3. The van der Waals surface area contributed by atoms with Crippen molar-refractivity contribution in [1.29, 1.82) is 0 Å². The van der Waals surface area contributed by atoms with Crippen LogP contribution in [0.2, 0.25) is 5.02 Å². The summed E-state index contributed by atoms with van der Waals surface area (Å²) in [6.45, 7) is 0.352. The van der Waals surface area contributed by atoms with Crippen LogP contribution < -0.4 is 11.1 Å². The van der Waals surface area contributed by atoms with Gasteiger partial charge >= 0.3 is 5.97 Å². The lowest BCUT2D eigenvalue weighted by molar-refractivity contribution is 0.0696. The average molecular weight is 483 g/mol. The van der Waals surface area contributed by atoms with Crippen LogP contribution in [0, 0.1) is 0 Å². The van der Waals surface area contributed by atoms with Crippen molar-refractivity contribution in [2.24, 2.45) is 10.7 Å². The Labute approximate surface area is 205 Å². The number of halogens is 1. The third-order valence-corrected chi connectivity index (χ3v) is 5.97. The Hall–Kier alpha value is -4.49. The van der Waals surface area contributed by atoms with Crippen LogP contribution in [0.4, 0.5) is 11.5 Å². The molecule has 172 valence electrons. The second kappa shape index (κ2) is 9.04. The van der Waals surface area contributed by atoms with Gasteiger partial charge in [-0.1, -0.05) is 41.9 Å². The summed E-state index contributed by atoms with van der Waals surface area (Å²) in [5.41, 5.74) is 11.4. The lowest BCUT2D eigenvalue weighted by Crippen LogP contribution is -2.17. The minimum atomic E-state index is -0.983. The number of carboxylic acids is 1. The summed E-state index contributed by atoms with van der Waals surface area (Å²) in [6, 6.07) is 22.8. The predicted molar refractivity (Wildman–Crippen MR) is 136 cm³/mol. The number of nitrogens with two attached hydrogens (primary N) is 1. The summed E-state index contributed by atoms with van der Waals surface area (Å²) < 4.78 is 0. The molecule has 1 aliphatic heterocycles. The van der Waals surface area contributed by atoms with E-state index in [0.717, 1.165) is 22.4 Å². The number of aromatic carboxylic acids is 1. The molecule has 0 fully saturated rings. The topological polar surface area (TPSA) is 118 Å². The number of hydrogen-bond donors (Lipinski definition) is 3. The maximum atomic E-state index is 12.1. The number of nitrogens with one attached hydrogen (secondary N) is 1. The standard InChI is InChI=1S/C27H19ClN4O3/c28-17-8-11-20-22(13-17)25(19-3-1-2-4-21(19)26(29)33)30-14-16-7-12-23(32-24(16)20)31-18-9-5-15(6-10-18)27(34)35/h1-13H,14H2,(H2,29,33)(H,31,32)(H,34,35). The van der Waals surface area contributed by atoms with Crippen molar-refractivity contribution in [3.05, 3.63) is 112 Å². The number of aliphatic imine (C=N–C) groups is 1. The second-order valence-electron chi connectivity index (χ2n) is 7.98. The molecule has 1 amide bonds. The fourth-order valence-electron chi connectivity index (χ4n) is 4.07. The van der Waals surface area contributed by atoms with Crippen LogP contribution in [0.3, 0.4) is 0 Å². The number of hydrogen-bond acceptors (Lipinski definition) is 5. The molecular weight excluding hydrogens is 464 g/mol. The number of primary amides is 1. The molecular formula is C27H19ClN4O3. The SMILES string of the molecule is NC(=O)c1ccccc1C1=NCc2ccc(Nc3ccc(C(=O)O)cc3)nc2-c2ccc(Cl)cc21. The summed E-state index contributed by atoms with van der Waals surface area (Å²) in [6.07, 6.45) is 0. The maximum absolute atomic E-state index is 12.1. The molecule has 0 radical (unpaired) electrons. The molecule has 7 nitrogen and oxygen atoms in total. The lowest BCUT2D eigenvalue weighted by atomic mass is 9.92. The van der Waals surface area contributed by atoms with Crippen LogP contribution in [0.5, 0.6) is 0 Å². The molecule has 0 saturated heterocycles. The number of aromatic nitrogens is 1. The molecule has 4 aromatic rings. The maximum Gasteiger partial charge on any atom is 0.335 e. The fraction of sp³-hybridized carbons (Fsp3) is 0.0370. The quantitative estimate of drug-likeness (QED) is 0.357. The number of pyridine rings is 1. The van der Waals surface area contributed by atoms with E-state index in [1.807, 2.05) is 36.4 Å². The van der Waals surface area contributed by atoms with Gasteiger partial charge in [0.1, 0.15) is 5.82 Å². The van der Waals surface area contributed by atoms with Crippen LogP contribution in [0.1, 0.15) is 37.4 Å². The third kappa shape index (κ3) is 4.37. The van der Waals surface area contributed by atoms with E-state index < -0.39 is 11.9 Å². The average Bonchev–Trinajstić information content (AvgIpc) is 3.00. The summed E-state index contributed by atoms with van der Waals surface area (Å²) in [5, 5.41) is 12.9. The molecule has 1 aliphatic rings. The number of rotatable bonds is 5. The molecule has 0 aliphatic carbocycles. The molecule has 35 heavy (non-hydrogen) atoms. The highest BCUT2D eigenvalue weighted by Crippen LogP contribution is 2.35. The molecule has 0 bridgehead atoms. The van der Waals surface area contributed by atoms with E-state index in [4.69, 9.17) is 32.4 Å². The van der Waals surface area contributed by atoms with E-state index in [-0.39, 0.29) is 5.56 Å². The molecule has 0 saturated carbocycles. The summed E-state index contributed by atoms with van der Waals surface area (Å²) in [7, 11) is 0. The van der Waals surface area contributed by atoms with E-state index in [1.165, 1.54) is 12.1 Å². The molecule has 4 N–H and O–H groups in total. The number of carbonyl (C=O) groups excluding carboxylic acids is 1. The fourth-order valence-corrected chi connectivity index (χ4v) is 4.24. The molecule has 5 rings (SSSR count). The highest BCUT2D eigenvalue weighted by molar-refractivity contribution is 6.32. The Balaban J connectivity index is 1.59. The van der Waals surface area contributed by atoms with Crippen LogP contribution in [0.25, 0.3) is 11.3 Å². The monoisotopic (exact) mass is 482 g/mol. The van der Waals surface area contributed by atoms with Gasteiger partial charge in [0.2, 0.25) is 5.91 Å². The number of carbonyl (C=O) groups is 2. The van der Waals surface area contributed by atoms with Crippen molar-refractivity contribution >= 4 is 40.7 Å². The number of carboxylic acid groups (broad SMARTS) is 1. The van der Waals surface area contributed by atoms with E-state index in [0.29, 0.717) is 39.9 Å². The third-order valence-electron chi connectivity index (χ3n) is 5.73. The highest BCUT2D eigenvalue weighted by Gasteiger charge is 2.23. The smallest absolute Gasteiger partial charge is 0.335 e. The highest BCUT2D eigenvalue weighted by atomic mass is 35.5. The summed E-state index contributed by atoms with van der Waals surface area (Å²) in [4.78, 5) is 32.9. The Kier molecular flexibility index (Phi) is 5.76. The van der Waals surface area contributed by atoms with Gasteiger partial charge in [-0.2, -0.15) is 0 Å². The number of amides is 1. The first-order valence-corrected chi connectivity index (χ1v) is 11.1. The summed E-state index contributed by atoms with van der Waals surface area (Å²) >= 11 is 6.36. The van der Waals surface area contributed by atoms with Crippen LogP contribution >= 0.6 is 11.6 Å². The van der Waals surface area contributed by atoms with Crippen molar-refractivity contribution < 1.29 is 14.7 Å². The van der Waals surface area contributed by atoms with Crippen molar-refractivity contribution in [2.75, 3.05) is 5.32 Å². The zero-order chi connectivity index (χ0) is 24.5. The van der Waals surface area contributed by atoms with Crippen molar-refractivity contribution in [2.45, 2.75) is 6.54 Å². The van der Waals surface area contributed by atoms with Crippen molar-refractivity contribution in [3.63, 3.8) is 0 Å². The Morgan fingerprint density at radius 3 is 2.43 bits per heavy atom. The normalized spacial score (nSPS) is 12.1. The van der Waals surface area contributed by atoms with E-state index in [2.05, 4.69) is 5.32 Å². The number of nitrogens with zero attached hydrogens (tertiary/aromatic N) is 2. The predicted octanol–water partition coefficient (Wildman–Crippen LogP) is 5.29. The Morgan fingerprint density at radius 1 is 0.914 bits per heavy atom. The number of benzene rings is 3. The first-order valence-electron chi connectivity index (χ1n) is 10.7.